The summed E-state index contributed by atoms with van der Waals surface area (Å²) in [7, 11) is 3.42. The molecule has 0 bridgehead atoms. The lowest BCUT2D eigenvalue weighted by molar-refractivity contribution is 0.351. The topological polar surface area (TPSA) is 18.5 Å². The fourth-order valence-electron chi connectivity index (χ4n) is 3.13. The zero-order valence-corrected chi connectivity index (χ0v) is 15.5. The summed E-state index contributed by atoms with van der Waals surface area (Å²) in [6, 6.07) is 6.16. The highest BCUT2D eigenvalue weighted by Gasteiger charge is 2.08. The predicted molar refractivity (Wildman–Crippen MR) is 99.7 cm³/mol. The van der Waals surface area contributed by atoms with Gasteiger partial charge in [-0.15, -0.1) is 0 Å². The predicted octanol–water partition coefficient (Wildman–Crippen LogP) is 6.56. The molecule has 2 nitrogen and oxygen atoms in total. The van der Waals surface area contributed by atoms with Gasteiger partial charge < -0.3 is 9.47 Å². The fraction of sp³-hybridized carbons (Fsp3) is 0.714. The number of benzene rings is 1. The third kappa shape index (κ3) is 8.29. The fourth-order valence-corrected chi connectivity index (χ4v) is 3.13. The van der Waals surface area contributed by atoms with Crippen LogP contribution in [0.1, 0.15) is 83.1 Å². The van der Waals surface area contributed by atoms with Crippen molar-refractivity contribution < 1.29 is 9.47 Å². The van der Waals surface area contributed by atoms with E-state index in [1.54, 1.807) is 14.2 Å². The van der Waals surface area contributed by atoms with Gasteiger partial charge in [-0.25, -0.2) is 0 Å². The van der Waals surface area contributed by atoms with Gasteiger partial charge in [0, 0.05) is 0 Å². The van der Waals surface area contributed by atoms with Gasteiger partial charge in [0.2, 0.25) is 0 Å². The number of ether oxygens (including phenoxy) is 2. The molecule has 0 saturated carbocycles. The van der Waals surface area contributed by atoms with Crippen molar-refractivity contribution in [1.82, 2.24) is 0 Å². The molecule has 0 atom stereocenters. The van der Waals surface area contributed by atoms with E-state index in [0.717, 1.165) is 17.9 Å². The second-order valence-electron chi connectivity index (χ2n) is 6.44. The summed E-state index contributed by atoms with van der Waals surface area (Å²) in [4.78, 5) is 0. The van der Waals surface area contributed by atoms with Gasteiger partial charge in [-0.3, -0.25) is 0 Å². The lowest BCUT2D eigenvalue weighted by atomic mass is 10.0. The standard InChI is InChI=1S/C21H36O2/c1-4-5-6-7-8-9-10-11-12-13-14-16-19-17-15-18-20(22-2)21(19)23-3/h15,17-18H,4-14,16H2,1-3H3. The SMILES string of the molecule is CCCCCCCCCCCCCc1cccc(OC)c1OC. The lowest BCUT2D eigenvalue weighted by Gasteiger charge is -2.12. The van der Waals surface area contributed by atoms with Gasteiger partial charge in [-0.05, 0) is 24.5 Å². The van der Waals surface area contributed by atoms with Gasteiger partial charge in [0.05, 0.1) is 14.2 Å². The van der Waals surface area contributed by atoms with Gasteiger partial charge in [0.25, 0.3) is 0 Å². The first-order valence-electron chi connectivity index (χ1n) is 9.53. The van der Waals surface area contributed by atoms with Crippen molar-refractivity contribution in [3.05, 3.63) is 23.8 Å². The van der Waals surface area contributed by atoms with Crippen LogP contribution in [0.4, 0.5) is 0 Å². The van der Waals surface area contributed by atoms with Crippen LogP contribution in [0, 0.1) is 0 Å². The van der Waals surface area contributed by atoms with Crippen molar-refractivity contribution in [3.8, 4) is 11.5 Å². The molecule has 1 aromatic carbocycles. The van der Waals surface area contributed by atoms with E-state index >= 15 is 0 Å². The van der Waals surface area contributed by atoms with Crippen LogP contribution >= 0.6 is 0 Å². The van der Waals surface area contributed by atoms with Crippen LogP contribution in [0.25, 0.3) is 0 Å². The highest BCUT2D eigenvalue weighted by Crippen LogP contribution is 2.31. The van der Waals surface area contributed by atoms with Crippen LogP contribution in [0.15, 0.2) is 18.2 Å². The molecule has 0 heterocycles. The Morgan fingerprint density at radius 3 is 1.78 bits per heavy atom. The van der Waals surface area contributed by atoms with Crippen molar-refractivity contribution in [2.24, 2.45) is 0 Å². The lowest BCUT2D eigenvalue weighted by Crippen LogP contribution is -1.96. The minimum atomic E-state index is 0.841. The first-order valence-corrected chi connectivity index (χ1v) is 9.53. The molecule has 0 spiro atoms. The average molecular weight is 321 g/mol. The molecule has 0 aliphatic rings. The molecule has 132 valence electrons. The van der Waals surface area contributed by atoms with E-state index in [9.17, 15) is 0 Å². The number of hydrogen-bond acceptors (Lipinski definition) is 2. The Morgan fingerprint density at radius 2 is 1.26 bits per heavy atom. The van der Waals surface area contributed by atoms with Crippen LogP contribution < -0.4 is 9.47 Å². The Hall–Kier alpha value is -1.18. The molecule has 23 heavy (non-hydrogen) atoms. The Bertz CT molecular complexity index is 401. The monoisotopic (exact) mass is 320 g/mol. The molecule has 1 aromatic rings. The van der Waals surface area contributed by atoms with Gasteiger partial charge in [-0.2, -0.15) is 0 Å². The maximum atomic E-state index is 5.49. The smallest absolute Gasteiger partial charge is 0.163 e. The molecule has 0 aliphatic carbocycles. The van der Waals surface area contributed by atoms with Crippen LogP contribution in [0.3, 0.4) is 0 Å². The van der Waals surface area contributed by atoms with Crippen LogP contribution in [0.5, 0.6) is 11.5 Å². The van der Waals surface area contributed by atoms with Gasteiger partial charge in [0.15, 0.2) is 11.5 Å². The second-order valence-corrected chi connectivity index (χ2v) is 6.44. The molecule has 0 radical (unpaired) electrons. The van der Waals surface area contributed by atoms with E-state index in [-0.39, 0.29) is 0 Å². The summed E-state index contributed by atoms with van der Waals surface area (Å²) in [6.07, 6.45) is 16.3. The summed E-state index contributed by atoms with van der Waals surface area (Å²) in [5.74, 6) is 1.75. The van der Waals surface area contributed by atoms with Crippen molar-refractivity contribution >= 4 is 0 Å². The summed E-state index contributed by atoms with van der Waals surface area (Å²) >= 11 is 0. The van der Waals surface area contributed by atoms with Gasteiger partial charge in [0.1, 0.15) is 0 Å². The minimum Gasteiger partial charge on any atom is -0.493 e. The van der Waals surface area contributed by atoms with Crippen LogP contribution in [-0.4, -0.2) is 14.2 Å². The first-order chi connectivity index (χ1) is 11.3. The number of para-hydroxylation sites is 1. The molecule has 0 N–H and O–H groups in total. The van der Waals surface area contributed by atoms with Gasteiger partial charge in [-0.1, -0.05) is 83.3 Å². The van der Waals surface area contributed by atoms with Crippen LogP contribution in [-0.2, 0) is 6.42 Å². The molecular weight excluding hydrogens is 284 g/mol. The molecule has 0 amide bonds. The normalized spacial score (nSPS) is 10.7. The zero-order valence-electron chi connectivity index (χ0n) is 15.5. The van der Waals surface area contributed by atoms with Crippen LogP contribution in [0.2, 0.25) is 0 Å². The number of unbranched alkanes of at least 4 members (excludes halogenated alkanes) is 10. The Morgan fingerprint density at radius 1 is 0.696 bits per heavy atom. The van der Waals surface area contributed by atoms with Crippen molar-refractivity contribution in [2.75, 3.05) is 14.2 Å². The zero-order chi connectivity index (χ0) is 16.8. The average Bonchev–Trinajstić information content (AvgIpc) is 2.59. The molecule has 0 saturated heterocycles. The first kappa shape index (κ1) is 19.9. The van der Waals surface area contributed by atoms with E-state index in [1.165, 1.54) is 76.2 Å². The maximum Gasteiger partial charge on any atom is 0.163 e. The van der Waals surface area contributed by atoms with Crippen molar-refractivity contribution in [2.45, 2.75) is 84.0 Å². The highest BCUT2D eigenvalue weighted by atomic mass is 16.5. The molecule has 0 fully saturated rings. The number of aryl methyl sites for hydroxylation is 1. The summed E-state index contributed by atoms with van der Waals surface area (Å²) in [5.41, 5.74) is 1.27. The Balaban J connectivity index is 2.07. The molecule has 0 aliphatic heterocycles. The molecular formula is C21H36O2. The molecule has 1 rings (SSSR count). The summed E-state index contributed by atoms with van der Waals surface area (Å²) < 4.78 is 10.9. The largest absolute Gasteiger partial charge is 0.493 e. The Labute approximate surface area is 143 Å². The van der Waals surface area contributed by atoms with E-state index < -0.39 is 0 Å². The third-order valence-electron chi connectivity index (χ3n) is 4.53. The second kappa shape index (κ2) is 13.3. The van der Waals surface area contributed by atoms with E-state index in [4.69, 9.17) is 9.47 Å². The van der Waals surface area contributed by atoms with Crippen molar-refractivity contribution in [1.29, 1.82) is 0 Å². The van der Waals surface area contributed by atoms with E-state index in [1.807, 2.05) is 6.07 Å². The van der Waals surface area contributed by atoms with E-state index in [2.05, 4.69) is 19.1 Å². The number of methoxy groups -OCH3 is 2. The quantitative estimate of drug-likeness (QED) is 0.361. The maximum absolute atomic E-state index is 5.49. The summed E-state index contributed by atoms with van der Waals surface area (Å²) in [5, 5.41) is 0. The highest BCUT2D eigenvalue weighted by molar-refractivity contribution is 5.46. The minimum absolute atomic E-state index is 0.841. The number of rotatable bonds is 14. The van der Waals surface area contributed by atoms with Gasteiger partial charge >= 0.3 is 0 Å². The Kier molecular flexibility index (Phi) is 11.5. The summed E-state index contributed by atoms with van der Waals surface area (Å²) in [6.45, 7) is 2.28. The number of hydrogen-bond donors (Lipinski definition) is 0. The van der Waals surface area contributed by atoms with E-state index in [0.29, 0.717) is 0 Å². The molecule has 0 aromatic heterocycles. The third-order valence-corrected chi connectivity index (χ3v) is 4.53. The molecule has 2 heteroatoms. The van der Waals surface area contributed by atoms with Crippen molar-refractivity contribution in [3.63, 3.8) is 0 Å². The molecule has 0 unspecified atom stereocenters.